The molecular formula is C15H15NO. The van der Waals surface area contributed by atoms with Gasteiger partial charge < -0.3 is 10.1 Å². The Kier molecular flexibility index (Phi) is 2.48. The van der Waals surface area contributed by atoms with Gasteiger partial charge in [-0.25, -0.2) is 0 Å². The van der Waals surface area contributed by atoms with Crippen LogP contribution >= 0.6 is 0 Å². The molecule has 0 bridgehead atoms. The number of hydrogen-bond donors (Lipinski definition) is 1. The van der Waals surface area contributed by atoms with Crippen LogP contribution in [0.3, 0.4) is 0 Å². The van der Waals surface area contributed by atoms with Gasteiger partial charge in [0.2, 0.25) is 0 Å². The molecule has 2 nitrogen and oxygen atoms in total. The molecule has 1 aliphatic heterocycles. The molecule has 2 aromatic carbocycles. The first-order valence-electron chi connectivity index (χ1n) is 5.88. The number of rotatable bonds is 2. The zero-order valence-corrected chi connectivity index (χ0v) is 9.86. The molecule has 0 unspecified atom stereocenters. The first-order valence-corrected chi connectivity index (χ1v) is 5.88. The highest BCUT2D eigenvalue weighted by Gasteiger charge is 2.12. The predicted molar refractivity (Wildman–Crippen MR) is 70.6 cm³/mol. The Bertz CT molecular complexity index is 548. The molecule has 0 atom stereocenters. The summed E-state index contributed by atoms with van der Waals surface area (Å²) in [5, 5.41) is 3.38. The van der Waals surface area contributed by atoms with E-state index in [4.69, 9.17) is 4.74 Å². The lowest BCUT2D eigenvalue weighted by atomic mass is 10.0. The smallest absolute Gasteiger partial charge is 0.126 e. The van der Waals surface area contributed by atoms with Crippen LogP contribution in [0.25, 0.3) is 11.1 Å². The van der Waals surface area contributed by atoms with E-state index in [-0.39, 0.29) is 0 Å². The first-order chi connectivity index (χ1) is 8.38. The van der Waals surface area contributed by atoms with Gasteiger partial charge in [-0.05, 0) is 35.7 Å². The van der Waals surface area contributed by atoms with Crippen LogP contribution in [0.5, 0.6) is 5.75 Å². The summed E-state index contributed by atoms with van der Waals surface area (Å²) in [6.45, 7) is 1.05. The monoisotopic (exact) mass is 225 g/mol. The van der Waals surface area contributed by atoms with E-state index < -0.39 is 0 Å². The SMILES string of the molecule is COc1ccccc1-c1ccc2c(c1)CCN2. The molecule has 2 heteroatoms. The standard InChI is InChI=1S/C15H15NO/c1-17-15-5-3-2-4-13(15)11-6-7-14-12(10-11)8-9-16-14/h2-7,10,16H,8-9H2,1H3. The van der Waals surface area contributed by atoms with Gasteiger partial charge in [0.05, 0.1) is 7.11 Å². The molecule has 0 saturated carbocycles. The molecule has 0 spiro atoms. The van der Waals surface area contributed by atoms with E-state index in [1.54, 1.807) is 7.11 Å². The van der Waals surface area contributed by atoms with Crippen molar-refractivity contribution in [2.24, 2.45) is 0 Å². The molecule has 0 aliphatic carbocycles. The Labute approximate surface area is 101 Å². The van der Waals surface area contributed by atoms with Crippen molar-refractivity contribution >= 4 is 5.69 Å². The molecule has 1 aliphatic rings. The minimum absolute atomic E-state index is 0.929. The van der Waals surface area contributed by atoms with E-state index in [0.29, 0.717) is 0 Å². The normalized spacial score (nSPS) is 13.0. The quantitative estimate of drug-likeness (QED) is 0.846. The van der Waals surface area contributed by atoms with E-state index in [2.05, 4.69) is 29.6 Å². The molecule has 2 aromatic rings. The van der Waals surface area contributed by atoms with Gasteiger partial charge >= 0.3 is 0 Å². The lowest BCUT2D eigenvalue weighted by molar-refractivity contribution is 0.416. The summed E-state index contributed by atoms with van der Waals surface area (Å²) in [5.41, 5.74) is 5.05. The molecule has 0 aromatic heterocycles. The van der Waals surface area contributed by atoms with E-state index >= 15 is 0 Å². The molecule has 0 amide bonds. The number of anilines is 1. The van der Waals surface area contributed by atoms with E-state index in [1.807, 2.05) is 18.2 Å². The number of methoxy groups -OCH3 is 1. The second-order valence-electron chi connectivity index (χ2n) is 4.25. The number of para-hydroxylation sites is 1. The predicted octanol–water partition coefficient (Wildman–Crippen LogP) is 3.33. The summed E-state index contributed by atoms with van der Waals surface area (Å²) < 4.78 is 5.40. The summed E-state index contributed by atoms with van der Waals surface area (Å²) in [5.74, 6) is 0.929. The number of fused-ring (bicyclic) bond motifs is 1. The average molecular weight is 225 g/mol. The van der Waals surface area contributed by atoms with Gasteiger partial charge in [0.1, 0.15) is 5.75 Å². The molecule has 0 radical (unpaired) electrons. The minimum Gasteiger partial charge on any atom is -0.496 e. The van der Waals surface area contributed by atoms with E-state index in [1.165, 1.54) is 16.8 Å². The zero-order valence-electron chi connectivity index (χ0n) is 9.86. The fraction of sp³-hybridized carbons (Fsp3) is 0.200. The second kappa shape index (κ2) is 4.13. The van der Waals surface area contributed by atoms with Gasteiger partial charge in [0.25, 0.3) is 0 Å². The van der Waals surface area contributed by atoms with Crippen LogP contribution in [-0.2, 0) is 6.42 Å². The van der Waals surface area contributed by atoms with Crippen molar-refractivity contribution in [1.82, 2.24) is 0 Å². The Balaban J connectivity index is 2.09. The lowest BCUT2D eigenvalue weighted by Crippen LogP contribution is -1.90. The third-order valence-corrected chi connectivity index (χ3v) is 3.23. The third-order valence-electron chi connectivity index (χ3n) is 3.23. The largest absolute Gasteiger partial charge is 0.496 e. The molecule has 0 fully saturated rings. The Hall–Kier alpha value is -1.96. The van der Waals surface area contributed by atoms with Gasteiger partial charge in [0, 0.05) is 17.8 Å². The number of ether oxygens (including phenoxy) is 1. The number of nitrogens with one attached hydrogen (secondary N) is 1. The highest BCUT2D eigenvalue weighted by atomic mass is 16.5. The van der Waals surface area contributed by atoms with Crippen LogP contribution in [0.2, 0.25) is 0 Å². The van der Waals surface area contributed by atoms with Crippen molar-refractivity contribution in [3.63, 3.8) is 0 Å². The van der Waals surface area contributed by atoms with Crippen LogP contribution < -0.4 is 10.1 Å². The molecule has 17 heavy (non-hydrogen) atoms. The van der Waals surface area contributed by atoms with Crippen molar-refractivity contribution in [1.29, 1.82) is 0 Å². The van der Waals surface area contributed by atoms with Gasteiger partial charge in [-0.3, -0.25) is 0 Å². The molecule has 1 heterocycles. The van der Waals surface area contributed by atoms with Crippen LogP contribution in [-0.4, -0.2) is 13.7 Å². The molecular weight excluding hydrogens is 210 g/mol. The average Bonchev–Trinajstić information content (AvgIpc) is 2.85. The van der Waals surface area contributed by atoms with Crippen LogP contribution in [0, 0.1) is 0 Å². The van der Waals surface area contributed by atoms with Crippen molar-refractivity contribution < 1.29 is 4.74 Å². The van der Waals surface area contributed by atoms with E-state index in [0.717, 1.165) is 24.3 Å². The van der Waals surface area contributed by atoms with Crippen LogP contribution in [0.15, 0.2) is 42.5 Å². The second-order valence-corrected chi connectivity index (χ2v) is 4.25. The van der Waals surface area contributed by atoms with Crippen LogP contribution in [0.4, 0.5) is 5.69 Å². The van der Waals surface area contributed by atoms with Crippen LogP contribution in [0.1, 0.15) is 5.56 Å². The van der Waals surface area contributed by atoms with Crippen molar-refractivity contribution in [3.8, 4) is 16.9 Å². The fourth-order valence-electron chi connectivity index (χ4n) is 2.36. The molecule has 0 saturated heterocycles. The zero-order chi connectivity index (χ0) is 11.7. The summed E-state index contributed by atoms with van der Waals surface area (Å²) in [4.78, 5) is 0. The minimum atomic E-state index is 0.929. The van der Waals surface area contributed by atoms with Gasteiger partial charge in [0.15, 0.2) is 0 Å². The summed E-state index contributed by atoms with van der Waals surface area (Å²) in [6.07, 6.45) is 1.11. The number of hydrogen-bond acceptors (Lipinski definition) is 2. The summed E-state index contributed by atoms with van der Waals surface area (Å²) >= 11 is 0. The Morgan fingerprint density at radius 3 is 2.88 bits per heavy atom. The maximum absolute atomic E-state index is 5.40. The maximum atomic E-state index is 5.40. The fourth-order valence-corrected chi connectivity index (χ4v) is 2.36. The topological polar surface area (TPSA) is 21.3 Å². The molecule has 1 N–H and O–H groups in total. The van der Waals surface area contributed by atoms with Crippen molar-refractivity contribution in [2.45, 2.75) is 6.42 Å². The summed E-state index contributed by atoms with van der Waals surface area (Å²) in [7, 11) is 1.72. The van der Waals surface area contributed by atoms with Gasteiger partial charge in [-0.1, -0.05) is 24.3 Å². The number of benzene rings is 2. The third kappa shape index (κ3) is 1.76. The molecule has 3 rings (SSSR count). The van der Waals surface area contributed by atoms with Crippen molar-refractivity contribution in [3.05, 3.63) is 48.0 Å². The van der Waals surface area contributed by atoms with Gasteiger partial charge in [-0.15, -0.1) is 0 Å². The Morgan fingerprint density at radius 2 is 2.00 bits per heavy atom. The summed E-state index contributed by atoms with van der Waals surface area (Å²) in [6, 6.07) is 14.7. The highest BCUT2D eigenvalue weighted by molar-refractivity contribution is 5.74. The highest BCUT2D eigenvalue weighted by Crippen LogP contribution is 2.33. The maximum Gasteiger partial charge on any atom is 0.126 e. The Morgan fingerprint density at radius 1 is 1.12 bits per heavy atom. The molecule has 86 valence electrons. The van der Waals surface area contributed by atoms with Gasteiger partial charge in [-0.2, -0.15) is 0 Å². The van der Waals surface area contributed by atoms with Crippen molar-refractivity contribution in [2.75, 3.05) is 19.0 Å². The first kappa shape index (κ1) is 10.2. The van der Waals surface area contributed by atoms with E-state index in [9.17, 15) is 0 Å². The lowest BCUT2D eigenvalue weighted by Gasteiger charge is -2.09.